The Bertz CT molecular complexity index is 1010. The summed E-state index contributed by atoms with van der Waals surface area (Å²) in [5.74, 6) is -12.2. The van der Waals surface area contributed by atoms with Crippen LogP contribution in [-0.4, -0.2) is 47.2 Å². The summed E-state index contributed by atoms with van der Waals surface area (Å²) >= 11 is 8.84. The molecule has 0 saturated carbocycles. The molecule has 0 atom stereocenters. The number of halogens is 11. The van der Waals surface area contributed by atoms with Gasteiger partial charge in [-0.1, -0.05) is 0 Å². The smallest absolute Gasteiger partial charge is 0.741 e. The van der Waals surface area contributed by atoms with Crippen molar-refractivity contribution in [1.29, 1.82) is 0 Å². The van der Waals surface area contributed by atoms with Crippen LogP contribution in [0.5, 0.6) is 0 Å². The SMILES string of the molecule is CC(=N\N=C(/[S-])NCC(F)(F)F)/C(=N/N=C(\[S-])NCC(F)(F)F)c1c(F)c(F)c(F)c(F)c1F.[Cu+2]. The molecule has 1 aromatic rings. The summed E-state index contributed by atoms with van der Waals surface area (Å²) in [6, 6.07) is 0. The predicted molar refractivity (Wildman–Crippen MR) is 104 cm³/mol. The van der Waals surface area contributed by atoms with E-state index in [1.807, 2.05) is 0 Å². The van der Waals surface area contributed by atoms with E-state index in [0.29, 0.717) is 0 Å². The number of hydrogen-bond donors (Lipinski definition) is 2. The second kappa shape index (κ2) is 13.1. The van der Waals surface area contributed by atoms with Crippen LogP contribution in [0, 0.1) is 29.1 Å². The van der Waals surface area contributed by atoms with Gasteiger partial charge in [-0.3, -0.25) is 0 Å². The minimum atomic E-state index is -4.76. The average Bonchev–Trinajstić information content (AvgIpc) is 2.72. The van der Waals surface area contributed by atoms with E-state index in [0.717, 1.165) is 6.92 Å². The molecule has 0 bridgehead atoms. The van der Waals surface area contributed by atoms with Crippen LogP contribution >= 0.6 is 0 Å². The van der Waals surface area contributed by atoms with Crippen molar-refractivity contribution >= 4 is 47.0 Å². The van der Waals surface area contributed by atoms with Gasteiger partial charge in [0.15, 0.2) is 23.3 Å². The van der Waals surface area contributed by atoms with Gasteiger partial charge in [0.25, 0.3) is 0 Å². The Labute approximate surface area is 210 Å². The van der Waals surface area contributed by atoms with Gasteiger partial charge in [0.05, 0.1) is 11.3 Å². The van der Waals surface area contributed by atoms with Crippen LogP contribution in [0.4, 0.5) is 48.3 Å². The molecule has 0 spiro atoms. The fraction of sp³-hybridized carbons (Fsp3) is 0.333. The van der Waals surface area contributed by atoms with Gasteiger partial charge in [0, 0.05) is 0 Å². The van der Waals surface area contributed by atoms with E-state index in [4.69, 9.17) is 0 Å². The fourth-order valence-electron chi connectivity index (χ4n) is 1.80. The van der Waals surface area contributed by atoms with Gasteiger partial charge in [0.2, 0.25) is 5.82 Å². The van der Waals surface area contributed by atoms with Gasteiger partial charge in [-0.2, -0.15) is 41.6 Å². The molecule has 1 aromatic carbocycles. The molecule has 20 heteroatoms. The molecule has 35 heavy (non-hydrogen) atoms. The summed E-state index contributed by atoms with van der Waals surface area (Å²) in [5, 5.41) is 13.6. The van der Waals surface area contributed by atoms with Crippen molar-refractivity contribution in [3.63, 3.8) is 0 Å². The fourth-order valence-corrected chi connectivity index (χ4v) is 2.03. The Hall–Kier alpha value is -2.31. The number of alkyl halides is 6. The molecule has 1 radical (unpaired) electrons. The maximum atomic E-state index is 14.2. The molecule has 0 aromatic heterocycles. The van der Waals surface area contributed by atoms with E-state index in [-0.39, 0.29) is 17.1 Å². The largest absolute Gasteiger partial charge is 2.00 e. The summed E-state index contributed by atoms with van der Waals surface area (Å²) in [7, 11) is 0. The normalized spacial score (nSPS) is 14.1. The summed E-state index contributed by atoms with van der Waals surface area (Å²) in [6.45, 7) is -2.55. The minimum absolute atomic E-state index is 0. The van der Waals surface area contributed by atoms with Crippen molar-refractivity contribution in [2.75, 3.05) is 13.1 Å². The Kier molecular flexibility index (Phi) is 12.3. The number of hydrogen-bond acceptors (Lipinski definition) is 6. The van der Waals surface area contributed by atoms with Crippen LogP contribution in [0.1, 0.15) is 12.5 Å². The summed E-state index contributed by atoms with van der Waals surface area (Å²) in [5.41, 5.74) is -3.79. The number of benzene rings is 1. The van der Waals surface area contributed by atoms with E-state index in [1.54, 1.807) is 10.6 Å². The first kappa shape index (κ1) is 32.7. The molecule has 0 aliphatic heterocycles. The molecular formula is C15H9CuF11N6S2. The molecular weight excluding hydrogens is 601 g/mol. The second-order valence-corrected chi connectivity index (χ2v) is 6.60. The zero-order valence-electron chi connectivity index (χ0n) is 16.5. The summed E-state index contributed by atoms with van der Waals surface area (Å²) < 4.78 is 142. The van der Waals surface area contributed by atoms with Gasteiger partial charge in [0.1, 0.15) is 18.8 Å². The average molecular weight is 610 g/mol. The first-order chi connectivity index (χ1) is 15.4. The van der Waals surface area contributed by atoms with Gasteiger partial charge in [-0.15, -0.1) is 5.10 Å². The van der Waals surface area contributed by atoms with E-state index in [2.05, 4.69) is 45.7 Å². The maximum absolute atomic E-state index is 14.2. The summed E-state index contributed by atoms with van der Waals surface area (Å²) in [4.78, 5) is 0. The molecule has 2 N–H and O–H groups in total. The molecule has 199 valence electrons. The third-order valence-corrected chi connectivity index (χ3v) is 3.65. The number of nitrogens with zero attached hydrogens (tertiary/aromatic N) is 4. The van der Waals surface area contributed by atoms with Crippen LogP contribution in [0.2, 0.25) is 0 Å². The van der Waals surface area contributed by atoms with Crippen molar-refractivity contribution < 1.29 is 65.4 Å². The third kappa shape index (κ3) is 10.5. The van der Waals surface area contributed by atoms with Gasteiger partial charge < -0.3 is 35.9 Å². The molecule has 1 rings (SSSR count). The Morgan fingerprint density at radius 3 is 1.37 bits per heavy atom. The van der Waals surface area contributed by atoms with Crippen LogP contribution in [0.15, 0.2) is 20.4 Å². The molecule has 6 nitrogen and oxygen atoms in total. The van der Waals surface area contributed by atoms with Crippen LogP contribution in [0.25, 0.3) is 0 Å². The van der Waals surface area contributed by atoms with Crippen LogP contribution < -0.4 is 10.6 Å². The van der Waals surface area contributed by atoms with Crippen molar-refractivity contribution in [3.8, 4) is 0 Å². The van der Waals surface area contributed by atoms with Crippen molar-refractivity contribution in [3.05, 3.63) is 34.6 Å². The quantitative estimate of drug-likeness (QED) is 0.0757. The number of amidine groups is 2. The van der Waals surface area contributed by atoms with E-state index in [1.165, 1.54) is 0 Å². The maximum Gasteiger partial charge on any atom is 2.00 e. The zero-order chi connectivity index (χ0) is 26.4. The number of rotatable bonds is 6. The van der Waals surface area contributed by atoms with Crippen LogP contribution in [-0.2, 0) is 42.3 Å². The van der Waals surface area contributed by atoms with Gasteiger partial charge >= 0.3 is 29.4 Å². The molecule has 0 aliphatic rings. The van der Waals surface area contributed by atoms with Gasteiger partial charge in [-0.25, -0.2) is 22.0 Å². The second-order valence-electron chi connectivity index (χ2n) is 5.83. The minimum Gasteiger partial charge on any atom is -0.741 e. The first-order valence-corrected chi connectivity index (χ1v) is 9.01. The number of nitrogens with one attached hydrogen (secondary N) is 2. The van der Waals surface area contributed by atoms with Crippen LogP contribution in [0.3, 0.4) is 0 Å². The van der Waals surface area contributed by atoms with E-state index in [9.17, 15) is 48.3 Å². The first-order valence-electron chi connectivity index (χ1n) is 8.20. The van der Waals surface area contributed by atoms with E-state index >= 15 is 0 Å². The standard InChI is InChI=1S/C15H11F11N6S2.Cu/c1-4(29-31-12(33)27-2-14(21,22)23)11(30-32-13(34)28-3-15(24,25)26)5-6(16)8(18)10(20)9(19)7(5)17;/h2-3H2,1H3,(H2,27,31,33)(H2,28,32,34);/q;+2/p-2/b29-4+,30-11-;. The third-order valence-electron chi connectivity index (χ3n) is 3.20. The molecule has 0 fully saturated rings. The Balaban J connectivity index is 0.0000116. The topological polar surface area (TPSA) is 73.5 Å². The molecule has 0 amide bonds. The van der Waals surface area contributed by atoms with Gasteiger partial charge in [-0.05, 0) is 17.3 Å². The predicted octanol–water partition coefficient (Wildman–Crippen LogP) is 3.57. The molecule has 0 unspecified atom stereocenters. The Morgan fingerprint density at radius 1 is 0.657 bits per heavy atom. The van der Waals surface area contributed by atoms with Crippen molar-refractivity contribution in [2.24, 2.45) is 20.4 Å². The molecule has 0 saturated heterocycles. The van der Waals surface area contributed by atoms with E-state index < -0.39 is 81.9 Å². The monoisotopic (exact) mass is 609 g/mol. The van der Waals surface area contributed by atoms with Crippen molar-refractivity contribution in [2.45, 2.75) is 19.3 Å². The zero-order valence-corrected chi connectivity index (χ0v) is 19.1. The molecule has 0 aliphatic carbocycles. The Morgan fingerprint density at radius 2 is 1.00 bits per heavy atom. The summed E-state index contributed by atoms with van der Waals surface area (Å²) in [6.07, 6.45) is -9.47. The molecule has 0 heterocycles. The van der Waals surface area contributed by atoms with Crippen molar-refractivity contribution in [1.82, 2.24) is 10.6 Å².